The molecule has 0 unspecified atom stereocenters. The van der Waals surface area contributed by atoms with Gasteiger partial charge in [-0.25, -0.2) is 4.98 Å². The number of benzene rings is 2. The van der Waals surface area contributed by atoms with Crippen molar-refractivity contribution in [2.45, 2.75) is 20.3 Å². The first-order valence-electron chi connectivity index (χ1n) is 8.95. The Morgan fingerprint density at radius 1 is 1.14 bits per heavy atom. The fourth-order valence-electron chi connectivity index (χ4n) is 3.09. The summed E-state index contributed by atoms with van der Waals surface area (Å²) in [6.45, 7) is 5.73. The summed E-state index contributed by atoms with van der Waals surface area (Å²) < 4.78 is 1.95. The number of carbonyl (C=O) groups excluding carboxylic acids is 1. The third-order valence-corrected chi connectivity index (χ3v) is 6.30. The van der Waals surface area contributed by atoms with Crippen LogP contribution in [0, 0.1) is 13.8 Å². The molecule has 0 saturated heterocycles. The number of amides is 1. The van der Waals surface area contributed by atoms with E-state index in [2.05, 4.69) is 46.8 Å². The predicted octanol–water partition coefficient (Wildman–Crippen LogP) is 5.70. The lowest BCUT2D eigenvalue weighted by Crippen LogP contribution is -2.33. The van der Waals surface area contributed by atoms with Gasteiger partial charge in [0.15, 0.2) is 5.13 Å². The van der Waals surface area contributed by atoms with Gasteiger partial charge in [0.2, 0.25) is 0 Å². The summed E-state index contributed by atoms with van der Waals surface area (Å²) in [5.74, 6) is -0.0188. The molecule has 7 heteroatoms. The Labute approximate surface area is 185 Å². The smallest absolute Gasteiger partial charge is 0.261 e. The van der Waals surface area contributed by atoms with E-state index >= 15 is 0 Å². The predicted molar refractivity (Wildman–Crippen MR) is 125 cm³/mol. The van der Waals surface area contributed by atoms with E-state index in [1.807, 2.05) is 43.3 Å². The van der Waals surface area contributed by atoms with E-state index < -0.39 is 0 Å². The lowest BCUT2D eigenvalue weighted by atomic mass is 10.1. The van der Waals surface area contributed by atoms with Crippen LogP contribution in [0.2, 0.25) is 0 Å². The molecule has 1 amide bonds. The maximum Gasteiger partial charge on any atom is 0.261 e. The second-order valence-electron chi connectivity index (χ2n) is 7.02. The van der Waals surface area contributed by atoms with Gasteiger partial charge in [0, 0.05) is 11.0 Å². The van der Waals surface area contributed by atoms with Crippen LogP contribution >= 0.6 is 39.7 Å². The van der Waals surface area contributed by atoms with Crippen molar-refractivity contribution in [2.24, 2.45) is 0 Å². The largest absolute Gasteiger partial charge is 0.309 e. The fraction of sp³-hybridized carbons (Fsp3) is 0.333. The van der Waals surface area contributed by atoms with Crippen molar-refractivity contribution in [3.05, 3.63) is 57.6 Å². The van der Waals surface area contributed by atoms with E-state index in [9.17, 15) is 4.79 Å². The maximum atomic E-state index is 13.3. The first-order valence-corrected chi connectivity index (χ1v) is 10.6. The SMILES string of the molecule is Cc1cc(C)c2sc(N(CCCN(C)C)C(=O)c3ccccc3Br)nc2c1.Cl. The van der Waals surface area contributed by atoms with E-state index in [4.69, 9.17) is 4.98 Å². The summed E-state index contributed by atoms with van der Waals surface area (Å²) >= 11 is 5.11. The Balaban J connectivity index is 0.00000280. The van der Waals surface area contributed by atoms with Gasteiger partial charge in [-0.3, -0.25) is 9.69 Å². The lowest BCUT2D eigenvalue weighted by Gasteiger charge is -2.21. The second-order valence-corrected chi connectivity index (χ2v) is 8.85. The molecule has 0 fully saturated rings. The molecular weight excluding hydrogens is 458 g/mol. The number of thiazole rings is 1. The van der Waals surface area contributed by atoms with E-state index in [0.29, 0.717) is 12.1 Å². The molecule has 0 radical (unpaired) electrons. The fourth-order valence-corrected chi connectivity index (χ4v) is 4.58. The first kappa shape index (κ1) is 22.8. The summed E-state index contributed by atoms with van der Waals surface area (Å²) in [5, 5.41) is 0.762. The molecule has 0 atom stereocenters. The van der Waals surface area contributed by atoms with Gasteiger partial charge >= 0.3 is 0 Å². The van der Waals surface area contributed by atoms with E-state index in [0.717, 1.165) is 32.8 Å². The third kappa shape index (κ3) is 5.11. The molecule has 3 rings (SSSR count). The van der Waals surface area contributed by atoms with Crippen LogP contribution in [0.5, 0.6) is 0 Å². The van der Waals surface area contributed by atoms with Gasteiger partial charge < -0.3 is 4.90 Å². The molecule has 0 aliphatic heterocycles. The normalized spacial score (nSPS) is 10.9. The summed E-state index contributed by atoms with van der Waals surface area (Å²) in [6, 6.07) is 11.8. The van der Waals surface area contributed by atoms with E-state index in [-0.39, 0.29) is 18.3 Å². The minimum absolute atomic E-state index is 0. The zero-order chi connectivity index (χ0) is 19.6. The lowest BCUT2D eigenvalue weighted by molar-refractivity contribution is 0.0985. The second kappa shape index (κ2) is 9.83. The van der Waals surface area contributed by atoms with Crippen molar-refractivity contribution in [3.8, 4) is 0 Å². The number of rotatable bonds is 6. The van der Waals surface area contributed by atoms with Crippen molar-refractivity contribution in [1.29, 1.82) is 0 Å². The molecule has 0 N–H and O–H groups in total. The summed E-state index contributed by atoms with van der Waals surface area (Å²) in [5.41, 5.74) is 4.02. The van der Waals surface area contributed by atoms with E-state index in [1.54, 1.807) is 11.3 Å². The quantitative estimate of drug-likeness (QED) is 0.452. The Morgan fingerprint density at radius 3 is 2.54 bits per heavy atom. The molecule has 0 bridgehead atoms. The highest BCUT2D eigenvalue weighted by molar-refractivity contribution is 9.10. The molecule has 1 heterocycles. The van der Waals surface area contributed by atoms with Gasteiger partial charge in [-0.1, -0.05) is 29.5 Å². The van der Waals surface area contributed by atoms with Gasteiger partial charge in [-0.15, -0.1) is 12.4 Å². The number of fused-ring (bicyclic) bond motifs is 1. The van der Waals surface area contributed by atoms with Crippen LogP contribution in [0.3, 0.4) is 0 Å². The molecule has 0 saturated carbocycles. The highest BCUT2D eigenvalue weighted by Gasteiger charge is 2.23. The standard InChI is InChI=1S/C21H24BrN3OS.ClH/c1-14-12-15(2)19-18(13-14)23-21(27-19)25(11-7-10-24(3)4)20(26)16-8-5-6-9-17(16)22;/h5-6,8-9,12-13H,7,10-11H2,1-4H3;1H. The van der Waals surface area contributed by atoms with Crippen molar-refractivity contribution in [1.82, 2.24) is 9.88 Å². The number of carbonyl (C=O) groups is 1. The number of hydrogen-bond acceptors (Lipinski definition) is 4. The van der Waals surface area contributed by atoms with Crippen molar-refractivity contribution in [3.63, 3.8) is 0 Å². The summed E-state index contributed by atoms with van der Waals surface area (Å²) in [4.78, 5) is 22.1. The number of aromatic nitrogens is 1. The average Bonchev–Trinajstić information content (AvgIpc) is 3.02. The number of halogens is 2. The highest BCUT2D eigenvalue weighted by atomic mass is 79.9. The van der Waals surface area contributed by atoms with Gasteiger partial charge in [0.1, 0.15) is 0 Å². The Morgan fingerprint density at radius 2 is 1.86 bits per heavy atom. The van der Waals surface area contributed by atoms with E-state index in [1.165, 1.54) is 11.1 Å². The number of anilines is 1. The van der Waals surface area contributed by atoms with Gasteiger partial charge in [-0.05, 0) is 86.2 Å². The summed E-state index contributed by atoms with van der Waals surface area (Å²) in [6.07, 6.45) is 0.886. The molecule has 0 aliphatic carbocycles. The van der Waals surface area contributed by atoms with Gasteiger partial charge in [-0.2, -0.15) is 0 Å². The molecule has 28 heavy (non-hydrogen) atoms. The van der Waals surface area contributed by atoms with Crippen molar-refractivity contribution >= 4 is 60.9 Å². The molecule has 2 aromatic carbocycles. The van der Waals surface area contributed by atoms with Crippen molar-refractivity contribution < 1.29 is 4.79 Å². The Bertz CT molecular complexity index is 973. The number of aryl methyl sites for hydroxylation is 2. The molecule has 1 aromatic heterocycles. The Hall–Kier alpha value is -1.47. The topological polar surface area (TPSA) is 36.4 Å². The minimum Gasteiger partial charge on any atom is -0.309 e. The number of hydrogen-bond donors (Lipinski definition) is 0. The average molecular weight is 483 g/mol. The van der Waals surface area contributed by atoms with Crippen LogP contribution in [0.15, 0.2) is 40.9 Å². The monoisotopic (exact) mass is 481 g/mol. The number of nitrogens with zero attached hydrogens (tertiary/aromatic N) is 3. The summed E-state index contributed by atoms with van der Waals surface area (Å²) in [7, 11) is 4.09. The maximum absolute atomic E-state index is 13.3. The van der Waals surface area contributed by atoms with Crippen LogP contribution in [0.1, 0.15) is 27.9 Å². The Kier molecular flexibility index (Phi) is 8.01. The van der Waals surface area contributed by atoms with Crippen LogP contribution in [-0.2, 0) is 0 Å². The third-order valence-electron chi connectivity index (χ3n) is 4.38. The van der Waals surface area contributed by atoms with Crippen LogP contribution < -0.4 is 4.90 Å². The molecule has 4 nitrogen and oxygen atoms in total. The van der Waals surface area contributed by atoms with Gasteiger partial charge in [0.05, 0.1) is 15.8 Å². The van der Waals surface area contributed by atoms with Crippen LogP contribution in [0.4, 0.5) is 5.13 Å². The van der Waals surface area contributed by atoms with Crippen LogP contribution in [-0.4, -0.2) is 43.0 Å². The molecule has 150 valence electrons. The highest BCUT2D eigenvalue weighted by Crippen LogP contribution is 2.33. The molecule has 3 aromatic rings. The first-order chi connectivity index (χ1) is 12.9. The van der Waals surface area contributed by atoms with Crippen LogP contribution in [0.25, 0.3) is 10.2 Å². The van der Waals surface area contributed by atoms with Crippen molar-refractivity contribution in [2.75, 3.05) is 32.1 Å². The van der Waals surface area contributed by atoms with Gasteiger partial charge in [0.25, 0.3) is 5.91 Å². The minimum atomic E-state index is -0.0188. The molecule has 0 aliphatic rings. The molecule has 0 spiro atoms. The zero-order valence-corrected chi connectivity index (χ0v) is 19.7. The molecular formula is C21H25BrClN3OS. The zero-order valence-electron chi connectivity index (χ0n) is 16.5.